The van der Waals surface area contributed by atoms with Crippen LogP contribution in [0.1, 0.15) is 75.6 Å². The topological polar surface area (TPSA) is 71.8 Å². The molecule has 0 aliphatic carbocycles. The number of nitrogens with zero attached hydrogens (tertiary/aromatic N) is 3. The predicted octanol–water partition coefficient (Wildman–Crippen LogP) is 3.39. The Morgan fingerprint density at radius 2 is 2.00 bits per heavy atom. The lowest BCUT2D eigenvalue weighted by Crippen LogP contribution is -2.46. The van der Waals surface area contributed by atoms with E-state index in [1.165, 1.54) is 5.56 Å². The number of rotatable bonds is 5. The molecule has 1 aromatic carbocycles. The summed E-state index contributed by atoms with van der Waals surface area (Å²) in [6.07, 6.45) is 3.58. The number of amides is 1. The van der Waals surface area contributed by atoms with Gasteiger partial charge in [0.05, 0.1) is 11.4 Å². The minimum absolute atomic E-state index is 0.101. The molecule has 2 unspecified atom stereocenters. The average Bonchev–Trinajstić information content (AvgIpc) is 3.05. The monoisotopic (exact) mass is 383 g/mol. The van der Waals surface area contributed by atoms with E-state index in [-0.39, 0.29) is 17.4 Å². The molecule has 152 valence electrons. The molecule has 0 radical (unpaired) electrons. The fraction of sp³-hybridized carbons (Fsp3) is 0.591. The van der Waals surface area contributed by atoms with E-state index in [2.05, 4.69) is 79.8 Å². The highest BCUT2D eigenvalue weighted by Gasteiger charge is 2.25. The molecule has 2 aromatic rings. The van der Waals surface area contributed by atoms with Crippen LogP contribution in [0.4, 0.5) is 0 Å². The summed E-state index contributed by atoms with van der Waals surface area (Å²) in [5, 5.41) is 15.1. The maximum absolute atomic E-state index is 12.9. The zero-order valence-electron chi connectivity index (χ0n) is 17.7. The standard InChI is InChI=1S/C22H33N5O/c1-6-7-19-20(21(28)24-17-12-13-23-15(2)14-17)25-26-27(19)18-10-8-16(9-11-18)22(3,4)5/h8-11,15,17,23H,6-7,12-14H2,1-5H3,(H,24,28). The number of carbonyl (C=O) groups excluding carboxylic acids is 1. The first-order valence-electron chi connectivity index (χ1n) is 10.4. The van der Waals surface area contributed by atoms with Gasteiger partial charge in [-0.25, -0.2) is 4.68 Å². The molecule has 6 nitrogen and oxygen atoms in total. The molecule has 1 fully saturated rings. The van der Waals surface area contributed by atoms with E-state index in [1.807, 2.05) is 4.68 Å². The predicted molar refractivity (Wildman–Crippen MR) is 112 cm³/mol. The van der Waals surface area contributed by atoms with Crippen molar-refractivity contribution in [3.63, 3.8) is 0 Å². The minimum atomic E-state index is -0.111. The van der Waals surface area contributed by atoms with Crippen LogP contribution in [-0.2, 0) is 11.8 Å². The largest absolute Gasteiger partial charge is 0.348 e. The fourth-order valence-corrected chi connectivity index (χ4v) is 3.77. The van der Waals surface area contributed by atoms with Crippen molar-refractivity contribution in [2.45, 2.75) is 77.8 Å². The number of hydrogen-bond donors (Lipinski definition) is 2. The van der Waals surface area contributed by atoms with Gasteiger partial charge in [-0.2, -0.15) is 0 Å². The first-order chi connectivity index (χ1) is 13.3. The van der Waals surface area contributed by atoms with Gasteiger partial charge in [0.25, 0.3) is 5.91 Å². The van der Waals surface area contributed by atoms with Crippen LogP contribution < -0.4 is 10.6 Å². The highest BCUT2D eigenvalue weighted by atomic mass is 16.2. The van der Waals surface area contributed by atoms with E-state index in [0.717, 1.165) is 43.6 Å². The van der Waals surface area contributed by atoms with Crippen molar-refractivity contribution in [1.29, 1.82) is 0 Å². The van der Waals surface area contributed by atoms with Gasteiger partial charge in [0.2, 0.25) is 0 Å². The van der Waals surface area contributed by atoms with Crippen LogP contribution in [0, 0.1) is 0 Å². The van der Waals surface area contributed by atoms with Crippen LogP contribution in [0.5, 0.6) is 0 Å². The number of nitrogens with one attached hydrogen (secondary N) is 2. The fourth-order valence-electron chi connectivity index (χ4n) is 3.77. The molecular weight excluding hydrogens is 350 g/mol. The Morgan fingerprint density at radius 3 is 2.61 bits per heavy atom. The summed E-state index contributed by atoms with van der Waals surface area (Å²) >= 11 is 0. The normalized spacial score (nSPS) is 20.2. The molecule has 1 aromatic heterocycles. The van der Waals surface area contributed by atoms with Crippen molar-refractivity contribution in [3.8, 4) is 5.69 Å². The molecule has 0 spiro atoms. The molecule has 0 bridgehead atoms. The molecule has 1 aliphatic rings. The molecule has 2 heterocycles. The van der Waals surface area contributed by atoms with Gasteiger partial charge in [-0.3, -0.25) is 4.79 Å². The van der Waals surface area contributed by atoms with Gasteiger partial charge in [-0.15, -0.1) is 5.10 Å². The van der Waals surface area contributed by atoms with E-state index >= 15 is 0 Å². The van der Waals surface area contributed by atoms with Gasteiger partial charge in [0, 0.05) is 12.1 Å². The molecule has 1 amide bonds. The first-order valence-corrected chi connectivity index (χ1v) is 10.4. The van der Waals surface area contributed by atoms with Crippen molar-refractivity contribution in [2.24, 2.45) is 0 Å². The molecular formula is C22H33N5O. The number of aromatic nitrogens is 3. The van der Waals surface area contributed by atoms with Crippen LogP contribution in [0.15, 0.2) is 24.3 Å². The van der Waals surface area contributed by atoms with E-state index in [1.54, 1.807) is 0 Å². The summed E-state index contributed by atoms with van der Waals surface area (Å²) in [5.41, 5.74) is 3.65. The molecule has 2 atom stereocenters. The molecule has 28 heavy (non-hydrogen) atoms. The summed E-state index contributed by atoms with van der Waals surface area (Å²) in [7, 11) is 0. The second-order valence-corrected chi connectivity index (χ2v) is 8.89. The van der Waals surface area contributed by atoms with Gasteiger partial charge < -0.3 is 10.6 Å². The Hall–Kier alpha value is -2.21. The molecule has 2 N–H and O–H groups in total. The summed E-state index contributed by atoms with van der Waals surface area (Å²) in [6.45, 7) is 11.8. The van der Waals surface area contributed by atoms with E-state index in [4.69, 9.17) is 0 Å². The van der Waals surface area contributed by atoms with Crippen LogP contribution in [0.3, 0.4) is 0 Å². The Labute approximate surface area is 168 Å². The number of benzene rings is 1. The minimum Gasteiger partial charge on any atom is -0.348 e. The quantitative estimate of drug-likeness (QED) is 0.830. The maximum atomic E-state index is 12.9. The van der Waals surface area contributed by atoms with E-state index < -0.39 is 0 Å². The molecule has 0 saturated carbocycles. The van der Waals surface area contributed by atoms with Crippen molar-refractivity contribution in [2.75, 3.05) is 6.54 Å². The van der Waals surface area contributed by atoms with Gasteiger partial charge in [0.15, 0.2) is 5.69 Å². The highest BCUT2D eigenvalue weighted by molar-refractivity contribution is 5.93. The van der Waals surface area contributed by atoms with Crippen molar-refractivity contribution in [1.82, 2.24) is 25.6 Å². The van der Waals surface area contributed by atoms with Gasteiger partial charge >= 0.3 is 0 Å². The molecule has 1 aliphatic heterocycles. The Bertz CT molecular complexity index is 803. The summed E-state index contributed by atoms with van der Waals surface area (Å²) < 4.78 is 1.82. The van der Waals surface area contributed by atoms with Crippen LogP contribution in [0.25, 0.3) is 5.69 Å². The van der Waals surface area contributed by atoms with Crippen LogP contribution >= 0.6 is 0 Å². The van der Waals surface area contributed by atoms with Gasteiger partial charge in [0.1, 0.15) is 0 Å². The third-order valence-corrected chi connectivity index (χ3v) is 5.40. The first kappa shape index (κ1) is 20.5. The van der Waals surface area contributed by atoms with Crippen molar-refractivity contribution >= 4 is 5.91 Å². The Balaban J connectivity index is 1.84. The van der Waals surface area contributed by atoms with Crippen LogP contribution in [-0.4, -0.2) is 39.5 Å². The summed E-state index contributed by atoms with van der Waals surface area (Å²) in [5.74, 6) is -0.111. The maximum Gasteiger partial charge on any atom is 0.273 e. The third-order valence-electron chi connectivity index (χ3n) is 5.40. The number of carbonyl (C=O) groups is 1. The van der Waals surface area contributed by atoms with Crippen LogP contribution in [0.2, 0.25) is 0 Å². The van der Waals surface area contributed by atoms with Gasteiger partial charge in [-0.1, -0.05) is 51.5 Å². The average molecular weight is 384 g/mol. The second kappa shape index (κ2) is 8.43. The van der Waals surface area contributed by atoms with E-state index in [0.29, 0.717) is 11.7 Å². The third kappa shape index (κ3) is 4.61. The Morgan fingerprint density at radius 1 is 1.29 bits per heavy atom. The zero-order chi connectivity index (χ0) is 20.3. The Kier molecular flexibility index (Phi) is 6.18. The summed E-state index contributed by atoms with van der Waals surface area (Å²) in [6, 6.07) is 8.99. The lowest BCUT2D eigenvalue weighted by molar-refractivity contribution is 0.0919. The number of hydrogen-bond acceptors (Lipinski definition) is 4. The van der Waals surface area contributed by atoms with Crippen molar-refractivity contribution < 1.29 is 4.79 Å². The highest BCUT2D eigenvalue weighted by Crippen LogP contribution is 2.24. The molecule has 1 saturated heterocycles. The second-order valence-electron chi connectivity index (χ2n) is 8.89. The van der Waals surface area contributed by atoms with E-state index in [9.17, 15) is 4.79 Å². The number of piperidine rings is 1. The SMILES string of the molecule is CCCc1c(C(=O)NC2CCNC(C)C2)nnn1-c1ccc(C(C)(C)C)cc1. The van der Waals surface area contributed by atoms with Gasteiger partial charge in [-0.05, 0) is 55.8 Å². The lowest BCUT2D eigenvalue weighted by atomic mass is 9.87. The molecule has 6 heteroatoms. The molecule has 3 rings (SSSR count). The summed E-state index contributed by atoms with van der Waals surface area (Å²) in [4.78, 5) is 12.9. The smallest absolute Gasteiger partial charge is 0.273 e. The van der Waals surface area contributed by atoms with Crippen molar-refractivity contribution in [3.05, 3.63) is 41.2 Å². The zero-order valence-corrected chi connectivity index (χ0v) is 17.7. The lowest BCUT2D eigenvalue weighted by Gasteiger charge is -2.28.